The van der Waals surface area contributed by atoms with Crippen LogP contribution in [-0.2, 0) is 16.0 Å². The molecule has 0 saturated carbocycles. The molecule has 2 amide bonds. The molecule has 1 N–H and O–H groups in total. The maximum absolute atomic E-state index is 12.9. The summed E-state index contributed by atoms with van der Waals surface area (Å²) in [6, 6.07) is 22.4. The molecule has 3 aromatic rings. The van der Waals surface area contributed by atoms with E-state index in [2.05, 4.69) is 5.32 Å². The van der Waals surface area contributed by atoms with Gasteiger partial charge in [0, 0.05) is 12.2 Å². The van der Waals surface area contributed by atoms with E-state index in [0.29, 0.717) is 42.4 Å². The van der Waals surface area contributed by atoms with Crippen molar-refractivity contribution >= 4 is 23.2 Å². The second kappa shape index (κ2) is 10.7. The lowest BCUT2D eigenvalue weighted by atomic mass is 10.1. The number of rotatable bonds is 9. The Labute approximate surface area is 199 Å². The van der Waals surface area contributed by atoms with E-state index in [-0.39, 0.29) is 18.4 Å². The first kappa shape index (κ1) is 23.2. The molecule has 0 aromatic heterocycles. The normalized spacial score (nSPS) is 14.7. The number of benzene rings is 3. The Balaban J connectivity index is 1.41. The molecule has 0 saturated heterocycles. The van der Waals surface area contributed by atoms with E-state index in [1.165, 1.54) is 0 Å². The monoisotopic (exact) mass is 460 g/mol. The van der Waals surface area contributed by atoms with Gasteiger partial charge in [-0.05, 0) is 68.3 Å². The molecule has 176 valence electrons. The second-order valence-corrected chi connectivity index (χ2v) is 7.91. The van der Waals surface area contributed by atoms with Crippen LogP contribution in [0.1, 0.15) is 19.4 Å². The van der Waals surface area contributed by atoms with Gasteiger partial charge in [0.15, 0.2) is 12.7 Å². The molecule has 0 bridgehead atoms. The summed E-state index contributed by atoms with van der Waals surface area (Å²) in [5, 5.41) is 2.83. The highest BCUT2D eigenvalue weighted by Gasteiger charge is 2.31. The third kappa shape index (κ3) is 5.67. The maximum atomic E-state index is 12.9. The van der Waals surface area contributed by atoms with Crippen molar-refractivity contribution in [3.8, 4) is 17.2 Å². The van der Waals surface area contributed by atoms with E-state index in [4.69, 9.17) is 14.2 Å². The van der Waals surface area contributed by atoms with Crippen molar-refractivity contribution in [1.29, 1.82) is 0 Å². The number of hydrogen-bond acceptors (Lipinski definition) is 5. The van der Waals surface area contributed by atoms with Crippen LogP contribution in [0, 0.1) is 0 Å². The smallest absolute Gasteiger partial charge is 0.267 e. The highest BCUT2D eigenvalue weighted by molar-refractivity contribution is 6.01. The van der Waals surface area contributed by atoms with Crippen molar-refractivity contribution in [2.75, 3.05) is 30.0 Å². The number of nitrogens with one attached hydrogen (secondary N) is 1. The van der Waals surface area contributed by atoms with Gasteiger partial charge < -0.3 is 24.4 Å². The van der Waals surface area contributed by atoms with Gasteiger partial charge in [0.25, 0.3) is 11.8 Å². The Bertz CT molecular complexity index is 1130. The largest absolute Gasteiger partial charge is 0.494 e. The van der Waals surface area contributed by atoms with Crippen LogP contribution >= 0.6 is 0 Å². The Hall–Kier alpha value is -4.00. The van der Waals surface area contributed by atoms with E-state index in [9.17, 15) is 9.59 Å². The predicted octanol–water partition coefficient (Wildman–Crippen LogP) is 4.46. The van der Waals surface area contributed by atoms with Crippen molar-refractivity contribution in [3.05, 3.63) is 78.4 Å². The van der Waals surface area contributed by atoms with Crippen LogP contribution < -0.4 is 24.4 Å². The van der Waals surface area contributed by atoms with Crippen LogP contribution in [0.25, 0.3) is 0 Å². The fourth-order valence-corrected chi connectivity index (χ4v) is 3.75. The van der Waals surface area contributed by atoms with Crippen molar-refractivity contribution in [2.45, 2.75) is 26.4 Å². The van der Waals surface area contributed by atoms with Gasteiger partial charge in [-0.25, -0.2) is 0 Å². The van der Waals surface area contributed by atoms with E-state index in [1.807, 2.05) is 37.3 Å². The van der Waals surface area contributed by atoms with Gasteiger partial charge in [-0.3, -0.25) is 9.59 Å². The van der Waals surface area contributed by atoms with Crippen LogP contribution in [-0.4, -0.2) is 37.7 Å². The number of hydrogen-bond donors (Lipinski definition) is 1. The van der Waals surface area contributed by atoms with Gasteiger partial charge in [-0.15, -0.1) is 0 Å². The van der Waals surface area contributed by atoms with Gasteiger partial charge >= 0.3 is 0 Å². The van der Waals surface area contributed by atoms with E-state index in [1.54, 1.807) is 54.3 Å². The molecular weight excluding hydrogens is 432 g/mol. The van der Waals surface area contributed by atoms with Crippen molar-refractivity contribution < 1.29 is 23.8 Å². The number of fused-ring (bicyclic) bond motifs is 1. The second-order valence-electron chi connectivity index (χ2n) is 7.91. The zero-order valence-corrected chi connectivity index (χ0v) is 19.3. The van der Waals surface area contributed by atoms with Crippen LogP contribution in [0.15, 0.2) is 72.8 Å². The molecule has 1 aliphatic rings. The quantitative estimate of drug-likeness (QED) is 0.510. The van der Waals surface area contributed by atoms with Crippen molar-refractivity contribution in [3.63, 3.8) is 0 Å². The van der Waals surface area contributed by atoms with Gasteiger partial charge in [-0.2, -0.15) is 0 Å². The molecular formula is C27H28N2O5. The minimum atomic E-state index is -0.564. The first-order valence-electron chi connectivity index (χ1n) is 11.3. The van der Waals surface area contributed by atoms with E-state index < -0.39 is 6.10 Å². The Morgan fingerprint density at radius 2 is 1.71 bits per heavy atom. The molecule has 0 aliphatic carbocycles. The summed E-state index contributed by atoms with van der Waals surface area (Å²) in [7, 11) is 0. The average Bonchev–Trinajstić information content (AvgIpc) is 2.85. The number of amides is 2. The van der Waals surface area contributed by atoms with Crippen LogP contribution in [0.2, 0.25) is 0 Å². The molecule has 1 atom stereocenters. The molecule has 0 fully saturated rings. The van der Waals surface area contributed by atoms with Crippen LogP contribution in [0.3, 0.4) is 0 Å². The summed E-state index contributed by atoms with van der Waals surface area (Å²) in [6.07, 6.45) is 0.150. The SMILES string of the molecule is CCOc1ccc(OCC(=O)Nc2ccc3c(c2)N(CCc2ccccc2)C(=O)C(C)O3)cc1. The Morgan fingerprint density at radius 1 is 1.00 bits per heavy atom. The maximum Gasteiger partial charge on any atom is 0.267 e. The predicted molar refractivity (Wildman–Crippen MR) is 131 cm³/mol. The van der Waals surface area contributed by atoms with Gasteiger partial charge in [0.1, 0.15) is 17.2 Å². The lowest BCUT2D eigenvalue weighted by molar-refractivity contribution is -0.125. The molecule has 34 heavy (non-hydrogen) atoms. The summed E-state index contributed by atoms with van der Waals surface area (Å²) < 4.78 is 16.8. The Kier molecular flexibility index (Phi) is 7.32. The molecule has 3 aromatic carbocycles. The molecule has 1 aliphatic heterocycles. The lowest BCUT2D eigenvalue weighted by Crippen LogP contribution is -2.45. The zero-order valence-electron chi connectivity index (χ0n) is 19.3. The minimum absolute atomic E-state index is 0.106. The topological polar surface area (TPSA) is 77.1 Å². The van der Waals surface area contributed by atoms with Crippen molar-refractivity contribution in [2.24, 2.45) is 0 Å². The average molecular weight is 461 g/mol. The highest BCUT2D eigenvalue weighted by atomic mass is 16.5. The van der Waals surface area contributed by atoms with Crippen LogP contribution in [0.5, 0.6) is 17.2 Å². The summed E-state index contributed by atoms with van der Waals surface area (Å²) in [6.45, 7) is 4.62. The first-order valence-corrected chi connectivity index (χ1v) is 11.3. The summed E-state index contributed by atoms with van der Waals surface area (Å²) in [5.74, 6) is 1.52. The fraction of sp³-hybridized carbons (Fsp3) is 0.259. The summed E-state index contributed by atoms with van der Waals surface area (Å²) >= 11 is 0. The summed E-state index contributed by atoms with van der Waals surface area (Å²) in [5.41, 5.74) is 2.35. The van der Waals surface area contributed by atoms with Gasteiger partial charge in [0.05, 0.1) is 12.3 Å². The summed E-state index contributed by atoms with van der Waals surface area (Å²) in [4.78, 5) is 27.0. The number of anilines is 2. The number of carbonyl (C=O) groups is 2. The Morgan fingerprint density at radius 3 is 2.41 bits per heavy atom. The molecule has 0 radical (unpaired) electrons. The molecule has 1 heterocycles. The highest BCUT2D eigenvalue weighted by Crippen LogP contribution is 2.36. The number of ether oxygens (including phenoxy) is 3. The van der Waals surface area contributed by atoms with Gasteiger partial charge in [0.2, 0.25) is 0 Å². The molecule has 1 unspecified atom stereocenters. The van der Waals surface area contributed by atoms with Crippen LogP contribution in [0.4, 0.5) is 11.4 Å². The minimum Gasteiger partial charge on any atom is -0.494 e. The molecule has 0 spiro atoms. The van der Waals surface area contributed by atoms with Gasteiger partial charge in [-0.1, -0.05) is 30.3 Å². The lowest BCUT2D eigenvalue weighted by Gasteiger charge is -2.33. The number of nitrogens with zero attached hydrogens (tertiary/aromatic N) is 1. The third-order valence-corrected chi connectivity index (χ3v) is 5.42. The fourth-order valence-electron chi connectivity index (χ4n) is 3.75. The number of carbonyl (C=O) groups excluding carboxylic acids is 2. The standard InChI is InChI=1S/C27H28N2O5/c1-3-32-22-10-12-23(13-11-22)33-18-26(30)28-21-9-14-25-24(17-21)29(27(31)19(2)34-25)16-15-20-7-5-4-6-8-20/h4-14,17,19H,3,15-16,18H2,1-2H3,(H,28,30). The van der Waals surface area contributed by atoms with Crippen molar-refractivity contribution in [1.82, 2.24) is 0 Å². The molecule has 7 heteroatoms. The zero-order chi connectivity index (χ0) is 23.9. The van der Waals surface area contributed by atoms with E-state index in [0.717, 1.165) is 11.3 Å². The molecule has 7 nitrogen and oxygen atoms in total. The molecule has 4 rings (SSSR count). The first-order chi connectivity index (χ1) is 16.5. The third-order valence-electron chi connectivity index (χ3n) is 5.42. The van der Waals surface area contributed by atoms with E-state index >= 15 is 0 Å².